The van der Waals surface area contributed by atoms with Crippen molar-refractivity contribution in [2.45, 2.75) is 38.6 Å². The molecule has 0 spiro atoms. The van der Waals surface area contributed by atoms with E-state index in [1.807, 2.05) is 31.2 Å². The Morgan fingerprint density at radius 3 is 2.29 bits per heavy atom. The summed E-state index contributed by atoms with van der Waals surface area (Å²) >= 11 is 0. The van der Waals surface area contributed by atoms with Gasteiger partial charge in [0, 0.05) is 11.6 Å². The van der Waals surface area contributed by atoms with Crippen molar-refractivity contribution in [2.24, 2.45) is 11.8 Å². The predicted molar refractivity (Wildman–Crippen MR) is 67.9 cm³/mol. The second-order valence-electron chi connectivity index (χ2n) is 5.49. The highest BCUT2D eigenvalue weighted by molar-refractivity contribution is 5.95. The summed E-state index contributed by atoms with van der Waals surface area (Å²) in [5.41, 5.74) is 1.90. The van der Waals surface area contributed by atoms with E-state index < -0.39 is 0 Å². The zero-order valence-corrected chi connectivity index (χ0v) is 10.3. The average Bonchev–Trinajstić information content (AvgIpc) is 3.16. The van der Waals surface area contributed by atoms with Crippen LogP contribution in [0.4, 0.5) is 0 Å². The zero-order chi connectivity index (χ0) is 11.8. The molecule has 3 rings (SSSR count). The molecule has 1 aromatic rings. The van der Waals surface area contributed by atoms with E-state index in [-0.39, 0.29) is 5.91 Å². The van der Waals surface area contributed by atoms with Crippen molar-refractivity contribution in [1.29, 1.82) is 0 Å². The number of carbonyl (C=O) groups excluding carboxylic acids is 1. The number of nitrogens with one attached hydrogen (secondary N) is 1. The van der Waals surface area contributed by atoms with Crippen LogP contribution in [-0.2, 0) is 0 Å². The second kappa shape index (κ2) is 4.17. The van der Waals surface area contributed by atoms with Crippen LogP contribution >= 0.6 is 0 Å². The first-order valence-electron chi connectivity index (χ1n) is 6.62. The first-order chi connectivity index (χ1) is 8.25. The maximum Gasteiger partial charge on any atom is 0.251 e. The lowest BCUT2D eigenvalue weighted by atomic mass is 10.0. The lowest BCUT2D eigenvalue weighted by Crippen LogP contribution is -2.38. The number of hydrogen-bond donors (Lipinski definition) is 1. The average molecular weight is 229 g/mol. The third-order valence-corrected chi connectivity index (χ3v) is 3.95. The summed E-state index contributed by atoms with van der Waals surface area (Å²) in [6, 6.07) is 8.28. The number of rotatable bonds is 4. The second-order valence-corrected chi connectivity index (χ2v) is 5.49. The van der Waals surface area contributed by atoms with Gasteiger partial charge in [-0.1, -0.05) is 18.2 Å². The topological polar surface area (TPSA) is 29.1 Å². The number of carbonyl (C=O) groups is 1. The Bertz CT molecular complexity index is 420. The fourth-order valence-corrected chi connectivity index (χ4v) is 2.59. The molecule has 0 atom stereocenters. The van der Waals surface area contributed by atoms with Crippen molar-refractivity contribution in [3.8, 4) is 0 Å². The number of hydrogen-bond acceptors (Lipinski definition) is 1. The molecule has 1 aromatic carbocycles. The van der Waals surface area contributed by atoms with Crippen LogP contribution in [0, 0.1) is 18.8 Å². The Balaban J connectivity index is 1.71. The fraction of sp³-hybridized carbons (Fsp3) is 0.533. The lowest BCUT2D eigenvalue weighted by Gasteiger charge is -2.18. The van der Waals surface area contributed by atoms with Crippen molar-refractivity contribution in [3.63, 3.8) is 0 Å². The largest absolute Gasteiger partial charge is 0.349 e. The Hall–Kier alpha value is -1.31. The van der Waals surface area contributed by atoms with E-state index in [2.05, 4.69) is 5.32 Å². The molecule has 1 amide bonds. The van der Waals surface area contributed by atoms with Gasteiger partial charge in [-0.05, 0) is 56.1 Å². The van der Waals surface area contributed by atoms with Crippen LogP contribution in [0.2, 0.25) is 0 Å². The monoisotopic (exact) mass is 229 g/mol. The van der Waals surface area contributed by atoms with E-state index in [0.29, 0.717) is 6.04 Å². The Labute approximate surface area is 102 Å². The highest BCUT2D eigenvalue weighted by atomic mass is 16.1. The minimum Gasteiger partial charge on any atom is -0.349 e. The standard InChI is InChI=1S/C15H19NO/c1-10-4-2-3-5-13(10)15(17)16-14(11-6-7-11)12-8-9-12/h2-5,11-12,14H,6-9H2,1H3,(H,16,17). The third-order valence-electron chi connectivity index (χ3n) is 3.95. The maximum atomic E-state index is 12.2. The Morgan fingerprint density at radius 2 is 1.76 bits per heavy atom. The van der Waals surface area contributed by atoms with Gasteiger partial charge in [0.05, 0.1) is 0 Å². The van der Waals surface area contributed by atoms with Gasteiger partial charge in [0.15, 0.2) is 0 Å². The van der Waals surface area contributed by atoms with Gasteiger partial charge < -0.3 is 5.32 Å². The highest BCUT2D eigenvalue weighted by Crippen LogP contribution is 2.44. The molecule has 2 nitrogen and oxygen atoms in total. The summed E-state index contributed by atoms with van der Waals surface area (Å²) in [5, 5.41) is 3.26. The van der Waals surface area contributed by atoms with Gasteiger partial charge in [-0.3, -0.25) is 4.79 Å². The molecule has 2 aliphatic carbocycles. The van der Waals surface area contributed by atoms with Crippen LogP contribution in [0.25, 0.3) is 0 Å². The molecule has 2 aliphatic rings. The molecule has 2 heteroatoms. The molecule has 0 bridgehead atoms. The van der Waals surface area contributed by atoms with E-state index in [4.69, 9.17) is 0 Å². The Morgan fingerprint density at radius 1 is 1.18 bits per heavy atom. The van der Waals surface area contributed by atoms with Crippen molar-refractivity contribution in [1.82, 2.24) is 5.32 Å². The van der Waals surface area contributed by atoms with Crippen LogP contribution in [-0.4, -0.2) is 11.9 Å². The first-order valence-corrected chi connectivity index (χ1v) is 6.62. The zero-order valence-electron chi connectivity index (χ0n) is 10.3. The molecule has 1 N–H and O–H groups in total. The Kier molecular flexibility index (Phi) is 2.65. The number of amides is 1. The van der Waals surface area contributed by atoms with Gasteiger partial charge in [0.2, 0.25) is 0 Å². The van der Waals surface area contributed by atoms with E-state index in [1.165, 1.54) is 25.7 Å². The minimum absolute atomic E-state index is 0.117. The first kappa shape index (κ1) is 10.8. The molecule has 2 saturated carbocycles. The van der Waals surface area contributed by atoms with E-state index in [9.17, 15) is 4.79 Å². The summed E-state index contributed by atoms with van der Waals surface area (Å²) in [6.45, 7) is 2.00. The molecular formula is C15H19NO. The molecule has 17 heavy (non-hydrogen) atoms. The predicted octanol–water partition coefficient (Wildman–Crippen LogP) is 2.91. The lowest BCUT2D eigenvalue weighted by molar-refractivity contribution is 0.0925. The van der Waals surface area contributed by atoms with E-state index in [0.717, 1.165) is 23.0 Å². The van der Waals surface area contributed by atoms with Crippen molar-refractivity contribution in [3.05, 3.63) is 35.4 Å². The summed E-state index contributed by atoms with van der Waals surface area (Å²) in [5.74, 6) is 1.64. The summed E-state index contributed by atoms with van der Waals surface area (Å²) in [6.07, 6.45) is 5.20. The van der Waals surface area contributed by atoms with Crippen LogP contribution in [0.5, 0.6) is 0 Å². The fourth-order valence-electron chi connectivity index (χ4n) is 2.59. The summed E-state index contributed by atoms with van der Waals surface area (Å²) < 4.78 is 0. The van der Waals surface area contributed by atoms with Crippen LogP contribution in [0.1, 0.15) is 41.6 Å². The van der Waals surface area contributed by atoms with E-state index in [1.54, 1.807) is 0 Å². The molecule has 0 aliphatic heterocycles. The van der Waals surface area contributed by atoms with Gasteiger partial charge in [0.1, 0.15) is 0 Å². The van der Waals surface area contributed by atoms with Gasteiger partial charge in [0.25, 0.3) is 5.91 Å². The molecule has 90 valence electrons. The third kappa shape index (κ3) is 2.36. The van der Waals surface area contributed by atoms with Crippen LogP contribution in [0.3, 0.4) is 0 Å². The van der Waals surface area contributed by atoms with Crippen molar-refractivity contribution < 1.29 is 4.79 Å². The van der Waals surface area contributed by atoms with Gasteiger partial charge in [-0.15, -0.1) is 0 Å². The molecular weight excluding hydrogens is 210 g/mol. The molecule has 2 fully saturated rings. The van der Waals surface area contributed by atoms with Crippen LogP contribution < -0.4 is 5.32 Å². The number of benzene rings is 1. The van der Waals surface area contributed by atoms with E-state index >= 15 is 0 Å². The molecule has 0 aromatic heterocycles. The molecule has 0 unspecified atom stereocenters. The summed E-state index contributed by atoms with van der Waals surface area (Å²) in [4.78, 5) is 12.2. The molecule has 0 radical (unpaired) electrons. The van der Waals surface area contributed by atoms with Gasteiger partial charge in [-0.25, -0.2) is 0 Å². The minimum atomic E-state index is 0.117. The summed E-state index contributed by atoms with van der Waals surface area (Å²) in [7, 11) is 0. The van der Waals surface area contributed by atoms with Gasteiger partial charge >= 0.3 is 0 Å². The molecule has 0 saturated heterocycles. The van der Waals surface area contributed by atoms with Crippen LogP contribution in [0.15, 0.2) is 24.3 Å². The smallest absolute Gasteiger partial charge is 0.251 e. The normalized spacial score (nSPS) is 19.4. The van der Waals surface area contributed by atoms with Gasteiger partial charge in [-0.2, -0.15) is 0 Å². The molecule has 0 heterocycles. The van der Waals surface area contributed by atoms with Crippen molar-refractivity contribution >= 4 is 5.91 Å². The maximum absolute atomic E-state index is 12.2. The number of aryl methyl sites for hydroxylation is 1. The quantitative estimate of drug-likeness (QED) is 0.845. The SMILES string of the molecule is Cc1ccccc1C(=O)NC(C1CC1)C1CC1. The van der Waals surface area contributed by atoms with Crippen molar-refractivity contribution in [2.75, 3.05) is 0 Å². The highest BCUT2D eigenvalue weighted by Gasteiger charge is 2.42.